The van der Waals surface area contributed by atoms with Gasteiger partial charge in [0.15, 0.2) is 17.8 Å². The van der Waals surface area contributed by atoms with Gasteiger partial charge in [-0.1, -0.05) is 17.2 Å². The maximum absolute atomic E-state index is 11.1. The minimum Gasteiger partial charge on any atom is -0.486 e. The molecule has 108 valence electrons. The first-order chi connectivity index (χ1) is 9.54. The van der Waals surface area contributed by atoms with Crippen LogP contribution in [0.3, 0.4) is 0 Å². The second-order valence-corrected chi connectivity index (χ2v) is 4.98. The zero-order valence-corrected chi connectivity index (χ0v) is 12.6. The van der Waals surface area contributed by atoms with Crippen LogP contribution in [-0.4, -0.2) is 19.5 Å². The Kier molecular flexibility index (Phi) is 6.57. The average molecular weight is 274 g/mol. The highest BCUT2D eigenvalue weighted by Crippen LogP contribution is 2.30. The number of para-hydroxylation sites is 1. The van der Waals surface area contributed by atoms with E-state index < -0.39 is 0 Å². The van der Waals surface area contributed by atoms with Gasteiger partial charge in [-0.3, -0.25) is 4.79 Å². The third-order valence-electron chi connectivity index (χ3n) is 2.59. The average Bonchev–Trinajstić information content (AvgIpc) is 2.39. The number of hydrogen-bond acceptors (Lipinski definition) is 3. The summed E-state index contributed by atoms with van der Waals surface area (Å²) in [5, 5.41) is 0. The first-order valence-corrected chi connectivity index (χ1v) is 6.65. The van der Waals surface area contributed by atoms with Gasteiger partial charge >= 0.3 is 0 Å². The van der Waals surface area contributed by atoms with E-state index in [2.05, 4.69) is 0 Å². The molecule has 0 saturated heterocycles. The van der Waals surface area contributed by atoms with Gasteiger partial charge in [-0.2, -0.15) is 0 Å². The molecule has 3 nitrogen and oxygen atoms in total. The SMILES string of the molecule is CC(C)=CCOc1cccc(C=O)c1OCC=C(C)C. The van der Waals surface area contributed by atoms with Crippen molar-refractivity contribution in [3.05, 3.63) is 47.1 Å². The summed E-state index contributed by atoms with van der Waals surface area (Å²) < 4.78 is 11.3. The van der Waals surface area contributed by atoms with Crippen LogP contribution in [0.2, 0.25) is 0 Å². The summed E-state index contributed by atoms with van der Waals surface area (Å²) in [7, 11) is 0. The number of carbonyl (C=O) groups is 1. The summed E-state index contributed by atoms with van der Waals surface area (Å²) >= 11 is 0. The van der Waals surface area contributed by atoms with Crippen molar-refractivity contribution in [3.63, 3.8) is 0 Å². The van der Waals surface area contributed by atoms with E-state index in [4.69, 9.17) is 9.47 Å². The second-order valence-electron chi connectivity index (χ2n) is 4.98. The van der Waals surface area contributed by atoms with Crippen molar-refractivity contribution in [1.82, 2.24) is 0 Å². The maximum atomic E-state index is 11.1. The first-order valence-electron chi connectivity index (χ1n) is 6.65. The fourth-order valence-corrected chi connectivity index (χ4v) is 1.48. The van der Waals surface area contributed by atoms with E-state index >= 15 is 0 Å². The van der Waals surface area contributed by atoms with Crippen molar-refractivity contribution >= 4 is 6.29 Å². The Morgan fingerprint density at radius 1 is 1.00 bits per heavy atom. The van der Waals surface area contributed by atoms with Crippen LogP contribution < -0.4 is 9.47 Å². The molecule has 0 atom stereocenters. The summed E-state index contributed by atoms with van der Waals surface area (Å²) in [4.78, 5) is 11.1. The lowest BCUT2D eigenvalue weighted by Crippen LogP contribution is -2.03. The first kappa shape index (κ1) is 16.0. The highest BCUT2D eigenvalue weighted by molar-refractivity contribution is 5.81. The lowest BCUT2D eigenvalue weighted by Gasteiger charge is -2.13. The normalized spacial score (nSPS) is 9.60. The van der Waals surface area contributed by atoms with Crippen LogP contribution in [0.5, 0.6) is 11.5 Å². The van der Waals surface area contributed by atoms with Crippen LogP contribution in [0.15, 0.2) is 41.5 Å². The Morgan fingerprint density at radius 2 is 1.60 bits per heavy atom. The molecule has 1 aromatic rings. The highest BCUT2D eigenvalue weighted by Gasteiger charge is 2.10. The summed E-state index contributed by atoms with van der Waals surface area (Å²) in [6.07, 6.45) is 4.72. The molecule has 0 aliphatic heterocycles. The van der Waals surface area contributed by atoms with E-state index in [1.165, 1.54) is 11.1 Å². The van der Waals surface area contributed by atoms with Crippen molar-refractivity contribution in [3.8, 4) is 11.5 Å². The molecule has 0 amide bonds. The van der Waals surface area contributed by atoms with Gasteiger partial charge in [-0.25, -0.2) is 0 Å². The Labute approximate surface area is 120 Å². The molecule has 3 heteroatoms. The maximum Gasteiger partial charge on any atom is 0.172 e. The van der Waals surface area contributed by atoms with Gasteiger partial charge in [0.1, 0.15) is 13.2 Å². The molecule has 0 aliphatic rings. The molecule has 0 aliphatic carbocycles. The van der Waals surface area contributed by atoms with Crippen LogP contribution in [0.1, 0.15) is 38.1 Å². The molecule has 0 heterocycles. The van der Waals surface area contributed by atoms with Crippen molar-refractivity contribution in [2.24, 2.45) is 0 Å². The molecule has 0 aromatic heterocycles. The topological polar surface area (TPSA) is 35.5 Å². The molecule has 0 fully saturated rings. The number of ether oxygens (including phenoxy) is 2. The van der Waals surface area contributed by atoms with Gasteiger partial charge in [0.2, 0.25) is 0 Å². The zero-order chi connectivity index (χ0) is 15.0. The predicted octanol–water partition coefficient (Wildman–Crippen LogP) is 4.19. The van der Waals surface area contributed by atoms with Gasteiger partial charge in [0, 0.05) is 0 Å². The van der Waals surface area contributed by atoms with E-state index in [1.807, 2.05) is 45.9 Å². The fourth-order valence-electron chi connectivity index (χ4n) is 1.48. The third-order valence-corrected chi connectivity index (χ3v) is 2.59. The van der Waals surface area contributed by atoms with Gasteiger partial charge in [0.25, 0.3) is 0 Å². The molecule has 0 unspecified atom stereocenters. The molecule has 0 radical (unpaired) electrons. The molecule has 0 bridgehead atoms. The number of carbonyl (C=O) groups excluding carboxylic acids is 1. The lowest BCUT2D eigenvalue weighted by atomic mass is 10.2. The van der Waals surface area contributed by atoms with Crippen LogP contribution in [0.25, 0.3) is 0 Å². The molecule has 0 saturated carbocycles. The fraction of sp³-hybridized carbons (Fsp3) is 0.353. The Hall–Kier alpha value is -2.03. The number of rotatable bonds is 7. The zero-order valence-electron chi connectivity index (χ0n) is 12.6. The van der Waals surface area contributed by atoms with E-state index in [0.29, 0.717) is 30.3 Å². The van der Waals surface area contributed by atoms with Crippen LogP contribution in [0, 0.1) is 0 Å². The quantitative estimate of drug-likeness (QED) is 0.552. The second kappa shape index (κ2) is 8.20. The summed E-state index contributed by atoms with van der Waals surface area (Å²) in [5.41, 5.74) is 2.85. The van der Waals surface area contributed by atoms with E-state index in [1.54, 1.807) is 12.1 Å². The Bertz CT molecular complexity index is 505. The number of benzene rings is 1. The summed E-state index contributed by atoms with van der Waals surface area (Å²) in [5.74, 6) is 1.09. The molecule has 20 heavy (non-hydrogen) atoms. The molecular formula is C17H22O3. The van der Waals surface area contributed by atoms with Gasteiger partial charge in [0.05, 0.1) is 5.56 Å². The van der Waals surface area contributed by atoms with Crippen molar-refractivity contribution in [1.29, 1.82) is 0 Å². The lowest BCUT2D eigenvalue weighted by molar-refractivity contribution is 0.111. The summed E-state index contributed by atoms with van der Waals surface area (Å²) in [6.45, 7) is 8.91. The molecular weight excluding hydrogens is 252 g/mol. The van der Waals surface area contributed by atoms with Gasteiger partial charge < -0.3 is 9.47 Å². The number of aldehydes is 1. The monoisotopic (exact) mass is 274 g/mol. The van der Waals surface area contributed by atoms with Gasteiger partial charge in [-0.05, 0) is 52.0 Å². The largest absolute Gasteiger partial charge is 0.486 e. The summed E-state index contributed by atoms with van der Waals surface area (Å²) in [6, 6.07) is 5.32. The third kappa shape index (κ3) is 5.31. The van der Waals surface area contributed by atoms with Crippen LogP contribution in [-0.2, 0) is 0 Å². The van der Waals surface area contributed by atoms with Crippen molar-refractivity contribution in [2.75, 3.05) is 13.2 Å². The van der Waals surface area contributed by atoms with Crippen LogP contribution in [0.4, 0.5) is 0 Å². The number of hydrogen-bond donors (Lipinski definition) is 0. The minimum absolute atomic E-state index is 0.423. The Morgan fingerprint density at radius 3 is 2.15 bits per heavy atom. The van der Waals surface area contributed by atoms with E-state index in [0.717, 1.165) is 6.29 Å². The van der Waals surface area contributed by atoms with E-state index in [-0.39, 0.29) is 0 Å². The van der Waals surface area contributed by atoms with Crippen LogP contribution >= 0.6 is 0 Å². The minimum atomic E-state index is 0.423. The van der Waals surface area contributed by atoms with Gasteiger partial charge in [-0.15, -0.1) is 0 Å². The molecule has 1 rings (SSSR count). The highest BCUT2D eigenvalue weighted by atomic mass is 16.5. The predicted molar refractivity (Wildman–Crippen MR) is 81.7 cm³/mol. The molecule has 0 N–H and O–H groups in total. The van der Waals surface area contributed by atoms with Crippen molar-refractivity contribution in [2.45, 2.75) is 27.7 Å². The smallest absolute Gasteiger partial charge is 0.172 e. The van der Waals surface area contributed by atoms with Crippen molar-refractivity contribution < 1.29 is 14.3 Å². The Balaban J connectivity index is 2.89. The van der Waals surface area contributed by atoms with E-state index in [9.17, 15) is 4.79 Å². The molecule has 1 aromatic carbocycles. The molecule has 0 spiro atoms. The number of allylic oxidation sites excluding steroid dienone is 2. The standard InChI is InChI=1S/C17H22O3/c1-13(2)8-10-19-16-7-5-6-15(12-18)17(16)20-11-9-14(3)4/h5-9,12H,10-11H2,1-4H3.